The monoisotopic (exact) mass is 403 g/mol. The van der Waals surface area contributed by atoms with Crippen molar-refractivity contribution in [2.24, 2.45) is 0 Å². The Hall–Kier alpha value is -1.44. The minimum atomic E-state index is -3.77. The lowest BCUT2D eigenvalue weighted by molar-refractivity contribution is 0.171. The van der Waals surface area contributed by atoms with Crippen molar-refractivity contribution in [2.75, 3.05) is 17.9 Å². The molecule has 0 atom stereocenters. The molecule has 0 saturated heterocycles. The van der Waals surface area contributed by atoms with E-state index in [1.54, 1.807) is 24.3 Å². The van der Waals surface area contributed by atoms with Gasteiger partial charge in [0.1, 0.15) is 13.2 Å². The lowest BCUT2D eigenvalue weighted by atomic mass is 10.3. The van der Waals surface area contributed by atoms with Crippen molar-refractivity contribution in [1.82, 2.24) is 0 Å². The van der Waals surface area contributed by atoms with Gasteiger partial charge in [0.15, 0.2) is 11.5 Å². The van der Waals surface area contributed by atoms with Crippen molar-refractivity contribution < 1.29 is 17.9 Å². The summed E-state index contributed by atoms with van der Waals surface area (Å²) in [6.45, 7) is 0.842. The van der Waals surface area contributed by atoms with E-state index in [9.17, 15) is 8.42 Å². The third-order valence-corrected chi connectivity index (χ3v) is 5.17. The summed E-state index contributed by atoms with van der Waals surface area (Å²) < 4.78 is 38.9. The van der Waals surface area contributed by atoms with E-state index < -0.39 is 10.0 Å². The van der Waals surface area contributed by atoms with Gasteiger partial charge >= 0.3 is 0 Å². The highest BCUT2D eigenvalue weighted by Gasteiger charge is 2.20. The molecule has 0 radical (unpaired) electrons. The van der Waals surface area contributed by atoms with Gasteiger partial charge in [-0.3, -0.25) is 4.72 Å². The summed E-state index contributed by atoms with van der Waals surface area (Å²) in [6.07, 6.45) is 0. The van der Waals surface area contributed by atoms with E-state index in [2.05, 4.69) is 20.7 Å². The minimum absolute atomic E-state index is 0.0794. The summed E-state index contributed by atoms with van der Waals surface area (Å²) >= 11 is 9.31. The second-order valence-corrected chi connectivity index (χ2v) is 7.54. The highest BCUT2D eigenvalue weighted by Crippen LogP contribution is 2.33. The van der Waals surface area contributed by atoms with Crippen molar-refractivity contribution in [1.29, 1.82) is 0 Å². The predicted octanol–water partition coefficient (Wildman–Crippen LogP) is 3.67. The zero-order chi connectivity index (χ0) is 15.7. The molecule has 1 aliphatic rings. The van der Waals surface area contributed by atoms with Gasteiger partial charge in [0.2, 0.25) is 0 Å². The Morgan fingerprint density at radius 3 is 2.50 bits per heavy atom. The summed E-state index contributed by atoms with van der Waals surface area (Å²) in [7, 11) is -3.77. The molecule has 0 unspecified atom stereocenters. The molecule has 0 bridgehead atoms. The maximum Gasteiger partial charge on any atom is 0.262 e. The second-order valence-electron chi connectivity index (χ2n) is 4.54. The van der Waals surface area contributed by atoms with Gasteiger partial charge < -0.3 is 9.47 Å². The number of ether oxygens (including phenoxy) is 2. The van der Waals surface area contributed by atoms with Crippen LogP contribution in [0.5, 0.6) is 11.5 Å². The van der Waals surface area contributed by atoms with Crippen LogP contribution >= 0.6 is 27.5 Å². The van der Waals surface area contributed by atoms with Crippen molar-refractivity contribution in [2.45, 2.75) is 4.90 Å². The molecule has 1 heterocycles. The molecule has 1 aliphatic heterocycles. The summed E-state index contributed by atoms with van der Waals surface area (Å²) in [5.74, 6) is 0.947. The molecular formula is C14H11BrClNO4S. The van der Waals surface area contributed by atoms with Crippen molar-refractivity contribution in [3.63, 3.8) is 0 Å². The zero-order valence-electron chi connectivity index (χ0n) is 11.2. The van der Waals surface area contributed by atoms with Crippen molar-refractivity contribution >= 4 is 43.2 Å². The lowest BCUT2D eigenvalue weighted by Gasteiger charge is -2.19. The molecule has 0 amide bonds. The van der Waals surface area contributed by atoms with Gasteiger partial charge in [0.05, 0.1) is 15.6 Å². The topological polar surface area (TPSA) is 64.6 Å². The van der Waals surface area contributed by atoms with E-state index >= 15 is 0 Å². The highest BCUT2D eigenvalue weighted by molar-refractivity contribution is 9.10. The summed E-state index contributed by atoms with van der Waals surface area (Å²) in [5.41, 5.74) is 0.305. The number of anilines is 1. The second kappa shape index (κ2) is 5.98. The maximum atomic E-state index is 12.4. The molecule has 0 saturated carbocycles. The van der Waals surface area contributed by atoms with Gasteiger partial charge in [-0.25, -0.2) is 8.42 Å². The predicted molar refractivity (Wildman–Crippen MR) is 87.4 cm³/mol. The number of fused-ring (bicyclic) bond motifs is 1. The molecule has 3 rings (SSSR count). The first-order chi connectivity index (χ1) is 10.5. The molecule has 8 heteroatoms. The van der Waals surface area contributed by atoms with Crippen molar-refractivity contribution in [3.05, 3.63) is 45.9 Å². The van der Waals surface area contributed by atoms with Crippen LogP contribution in [0.25, 0.3) is 0 Å². The molecule has 5 nitrogen and oxygen atoms in total. The molecule has 1 N–H and O–H groups in total. The largest absolute Gasteiger partial charge is 0.486 e. The quantitative estimate of drug-likeness (QED) is 0.847. The Labute approximate surface area is 141 Å². The average Bonchev–Trinajstić information content (AvgIpc) is 2.49. The number of halogens is 2. The molecule has 116 valence electrons. The minimum Gasteiger partial charge on any atom is -0.486 e. The fraction of sp³-hybridized carbons (Fsp3) is 0.143. The lowest BCUT2D eigenvalue weighted by Crippen LogP contribution is -2.17. The van der Waals surface area contributed by atoms with Crippen LogP contribution in [0.1, 0.15) is 0 Å². The molecule has 0 fully saturated rings. The van der Waals surface area contributed by atoms with Crippen LogP contribution in [0.4, 0.5) is 5.69 Å². The van der Waals surface area contributed by atoms with Crippen LogP contribution in [0, 0.1) is 0 Å². The number of sulfonamides is 1. The van der Waals surface area contributed by atoms with E-state index in [1.165, 1.54) is 12.1 Å². The number of nitrogens with one attached hydrogen (secondary N) is 1. The maximum absolute atomic E-state index is 12.4. The fourth-order valence-corrected chi connectivity index (χ4v) is 3.84. The molecule has 2 aromatic carbocycles. The van der Waals surface area contributed by atoms with Gasteiger partial charge in [-0.15, -0.1) is 0 Å². The molecule has 22 heavy (non-hydrogen) atoms. The Balaban J connectivity index is 1.92. The molecule has 0 spiro atoms. The summed E-state index contributed by atoms with van der Waals surface area (Å²) in [5, 5.41) is 0.301. The van der Waals surface area contributed by atoms with Crippen LogP contribution in [0.15, 0.2) is 45.8 Å². The molecule has 0 aromatic heterocycles. The number of hydrogen-bond donors (Lipinski definition) is 1. The van der Waals surface area contributed by atoms with E-state index in [-0.39, 0.29) is 4.90 Å². The van der Waals surface area contributed by atoms with Gasteiger partial charge in [-0.1, -0.05) is 27.5 Å². The average molecular weight is 405 g/mol. The Bertz CT molecular complexity index is 826. The van der Waals surface area contributed by atoms with Gasteiger partial charge in [0.25, 0.3) is 10.0 Å². The van der Waals surface area contributed by atoms with Crippen LogP contribution in [-0.2, 0) is 10.0 Å². The van der Waals surface area contributed by atoms with Gasteiger partial charge in [-0.2, -0.15) is 0 Å². The highest BCUT2D eigenvalue weighted by atomic mass is 79.9. The Morgan fingerprint density at radius 2 is 1.77 bits per heavy atom. The number of rotatable bonds is 3. The van der Waals surface area contributed by atoms with E-state index in [1.807, 2.05) is 0 Å². The normalized spacial score (nSPS) is 13.7. The first-order valence-corrected chi connectivity index (χ1v) is 8.99. The number of benzene rings is 2. The third-order valence-electron chi connectivity index (χ3n) is 3.00. The van der Waals surface area contributed by atoms with Crippen LogP contribution in [0.2, 0.25) is 5.02 Å². The van der Waals surface area contributed by atoms with E-state index in [4.69, 9.17) is 21.1 Å². The molecule has 0 aliphatic carbocycles. The van der Waals surface area contributed by atoms with Crippen molar-refractivity contribution in [3.8, 4) is 11.5 Å². The summed E-state index contributed by atoms with van der Waals surface area (Å²) in [4.78, 5) is 0.0794. The van der Waals surface area contributed by atoms with E-state index in [0.29, 0.717) is 35.4 Å². The first kappa shape index (κ1) is 15.5. The van der Waals surface area contributed by atoms with Crippen LogP contribution in [0.3, 0.4) is 0 Å². The number of hydrogen-bond acceptors (Lipinski definition) is 4. The zero-order valence-corrected chi connectivity index (χ0v) is 14.3. The Morgan fingerprint density at radius 1 is 1.05 bits per heavy atom. The molecular weight excluding hydrogens is 394 g/mol. The first-order valence-electron chi connectivity index (χ1n) is 6.33. The van der Waals surface area contributed by atoms with Gasteiger partial charge in [-0.05, 0) is 30.3 Å². The van der Waals surface area contributed by atoms with Gasteiger partial charge in [0, 0.05) is 10.5 Å². The van der Waals surface area contributed by atoms with Crippen LogP contribution in [-0.4, -0.2) is 21.6 Å². The summed E-state index contributed by atoms with van der Waals surface area (Å²) in [6, 6.07) is 9.37. The smallest absolute Gasteiger partial charge is 0.262 e. The Kier molecular flexibility index (Phi) is 4.20. The SMILES string of the molecule is O=S(=O)(Nc1ccc(Br)cc1Cl)c1ccc2c(c1)OCCO2. The standard InChI is InChI=1S/C14H11BrClNO4S/c15-9-1-3-12(11(16)7-9)17-22(18,19)10-2-4-13-14(8-10)21-6-5-20-13/h1-4,7-8,17H,5-6H2. The van der Waals surface area contributed by atoms with E-state index in [0.717, 1.165) is 4.47 Å². The third kappa shape index (κ3) is 3.16. The fourth-order valence-electron chi connectivity index (χ4n) is 1.97. The molecule has 2 aromatic rings. The van der Waals surface area contributed by atoms with Crippen LogP contribution < -0.4 is 14.2 Å².